The van der Waals surface area contributed by atoms with E-state index >= 15 is 0 Å². The summed E-state index contributed by atoms with van der Waals surface area (Å²) in [5.41, 5.74) is 1.87. The van der Waals surface area contributed by atoms with Gasteiger partial charge < -0.3 is 9.84 Å². The molecule has 25 heavy (non-hydrogen) atoms. The van der Waals surface area contributed by atoms with Crippen LogP contribution in [0.2, 0.25) is 0 Å². The van der Waals surface area contributed by atoms with Gasteiger partial charge in [0.2, 0.25) is 0 Å². The third kappa shape index (κ3) is 5.26. The molecule has 2 rings (SSSR count). The van der Waals surface area contributed by atoms with E-state index in [-0.39, 0.29) is 6.61 Å². The van der Waals surface area contributed by atoms with Crippen LogP contribution in [-0.4, -0.2) is 36.0 Å². The van der Waals surface area contributed by atoms with E-state index in [2.05, 4.69) is 6.58 Å². The molecule has 0 aliphatic heterocycles. The van der Waals surface area contributed by atoms with Crippen molar-refractivity contribution >= 4 is 5.97 Å². The lowest BCUT2D eigenvalue weighted by Gasteiger charge is -2.31. The summed E-state index contributed by atoms with van der Waals surface area (Å²) < 4.78 is 4.75. The Bertz CT molecular complexity index is 660. The molecule has 5 nitrogen and oxygen atoms in total. The van der Waals surface area contributed by atoms with Crippen LogP contribution in [0, 0.1) is 0 Å². The Hall–Kier alpha value is -2.47. The molecule has 5 heteroatoms. The van der Waals surface area contributed by atoms with E-state index < -0.39 is 18.1 Å². The van der Waals surface area contributed by atoms with Gasteiger partial charge >= 0.3 is 5.97 Å². The van der Waals surface area contributed by atoms with Crippen LogP contribution < -0.4 is 0 Å². The van der Waals surface area contributed by atoms with Crippen molar-refractivity contribution in [2.24, 2.45) is 0 Å². The highest BCUT2D eigenvalue weighted by Crippen LogP contribution is 2.24. The largest absolute Gasteiger partial charge is 0.467 e. The highest BCUT2D eigenvalue weighted by atomic mass is 16.7. The molecule has 0 fully saturated rings. The van der Waals surface area contributed by atoms with E-state index in [1.165, 1.54) is 13.2 Å². The summed E-state index contributed by atoms with van der Waals surface area (Å²) in [5.74, 6) is -0.544. The second kappa shape index (κ2) is 9.74. The first kappa shape index (κ1) is 18.9. The number of ether oxygens (including phenoxy) is 1. The normalized spacial score (nSPS) is 13.2. The fourth-order valence-electron chi connectivity index (χ4n) is 2.47. The Morgan fingerprint density at radius 3 is 2.28 bits per heavy atom. The van der Waals surface area contributed by atoms with E-state index in [1.807, 2.05) is 60.7 Å². The van der Waals surface area contributed by atoms with Crippen molar-refractivity contribution in [2.45, 2.75) is 18.7 Å². The fourth-order valence-corrected chi connectivity index (χ4v) is 2.47. The minimum atomic E-state index is -0.952. The van der Waals surface area contributed by atoms with Crippen LogP contribution in [0.5, 0.6) is 0 Å². The molecule has 2 aromatic rings. The standard InChI is InChI=1S/C20H23NO4/c1-3-19(20(23)24-2)25-21(14-16-10-6-4-7-11-16)18(15-22)17-12-8-5-9-13-17/h3-13,18-19,22H,1,14-15H2,2H3/t18-,19?/m0/s1. The number of rotatable bonds is 9. The van der Waals surface area contributed by atoms with Crippen molar-refractivity contribution in [2.75, 3.05) is 13.7 Å². The number of esters is 1. The van der Waals surface area contributed by atoms with Crippen molar-refractivity contribution in [3.05, 3.63) is 84.4 Å². The number of hydroxylamine groups is 2. The van der Waals surface area contributed by atoms with Crippen molar-refractivity contribution < 1.29 is 19.5 Å². The van der Waals surface area contributed by atoms with Gasteiger partial charge in [0.15, 0.2) is 6.10 Å². The molecule has 0 spiro atoms. The number of carbonyl (C=O) groups is 1. The molecular weight excluding hydrogens is 318 g/mol. The number of aliphatic hydroxyl groups is 1. The third-order valence-electron chi connectivity index (χ3n) is 3.78. The zero-order chi connectivity index (χ0) is 18.1. The molecule has 0 aromatic heterocycles. The number of hydrogen-bond acceptors (Lipinski definition) is 5. The Morgan fingerprint density at radius 2 is 1.76 bits per heavy atom. The van der Waals surface area contributed by atoms with Crippen molar-refractivity contribution in [3.8, 4) is 0 Å². The number of carbonyl (C=O) groups excluding carboxylic acids is 1. The minimum Gasteiger partial charge on any atom is -0.467 e. The molecule has 0 aliphatic carbocycles. The van der Waals surface area contributed by atoms with Gasteiger partial charge in [-0.3, -0.25) is 4.84 Å². The average Bonchev–Trinajstić information content (AvgIpc) is 2.67. The molecule has 1 N–H and O–H groups in total. The maximum atomic E-state index is 11.9. The van der Waals surface area contributed by atoms with Crippen LogP contribution in [0.15, 0.2) is 73.3 Å². The second-order valence-electron chi connectivity index (χ2n) is 5.45. The molecule has 0 aliphatic rings. The SMILES string of the molecule is C=CC(ON(Cc1ccccc1)[C@@H](CO)c1ccccc1)C(=O)OC. The van der Waals surface area contributed by atoms with Crippen LogP contribution in [-0.2, 0) is 20.9 Å². The van der Waals surface area contributed by atoms with Crippen LogP contribution in [0.4, 0.5) is 0 Å². The molecule has 0 heterocycles. The van der Waals surface area contributed by atoms with Gasteiger partial charge in [0, 0.05) is 6.54 Å². The zero-order valence-electron chi connectivity index (χ0n) is 14.2. The molecule has 0 bridgehead atoms. The molecule has 132 valence electrons. The maximum Gasteiger partial charge on any atom is 0.341 e. The fraction of sp³-hybridized carbons (Fsp3) is 0.250. The predicted octanol–water partition coefficient (Wildman–Crippen LogP) is 2.88. The molecule has 2 aromatic carbocycles. The van der Waals surface area contributed by atoms with Gasteiger partial charge in [-0.2, -0.15) is 5.06 Å². The molecule has 0 radical (unpaired) electrons. The Labute approximate surface area is 148 Å². The first-order valence-electron chi connectivity index (χ1n) is 8.03. The van der Waals surface area contributed by atoms with E-state index in [1.54, 1.807) is 5.06 Å². The lowest BCUT2D eigenvalue weighted by molar-refractivity contribution is -0.230. The second-order valence-corrected chi connectivity index (χ2v) is 5.45. The van der Waals surface area contributed by atoms with Crippen molar-refractivity contribution in [1.82, 2.24) is 5.06 Å². The lowest BCUT2D eigenvalue weighted by atomic mass is 10.1. The highest BCUT2D eigenvalue weighted by Gasteiger charge is 2.27. The summed E-state index contributed by atoms with van der Waals surface area (Å²) >= 11 is 0. The summed E-state index contributed by atoms with van der Waals surface area (Å²) in [6, 6.07) is 18.8. The predicted molar refractivity (Wildman–Crippen MR) is 95.3 cm³/mol. The third-order valence-corrected chi connectivity index (χ3v) is 3.78. The van der Waals surface area contributed by atoms with Gasteiger partial charge in [-0.25, -0.2) is 4.79 Å². The number of methoxy groups -OCH3 is 1. The summed E-state index contributed by atoms with van der Waals surface area (Å²) in [7, 11) is 1.30. The Kier molecular flexibility index (Phi) is 7.35. The van der Waals surface area contributed by atoms with Gasteiger partial charge in [0.05, 0.1) is 19.8 Å². The van der Waals surface area contributed by atoms with E-state index in [0.717, 1.165) is 11.1 Å². The quantitative estimate of drug-likeness (QED) is 0.432. The summed E-state index contributed by atoms with van der Waals surface area (Å²) in [6.07, 6.45) is 0.426. The first-order chi connectivity index (χ1) is 12.2. The van der Waals surface area contributed by atoms with Gasteiger partial charge in [0.1, 0.15) is 0 Å². The van der Waals surface area contributed by atoms with Gasteiger partial charge in [-0.05, 0) is 17.2 Å². The van der Waals surface area contributed by atoms with Crippen LogP contribution in [0.25, 0.3) is 0 Å². The first-order valence-corrected chi connectivity index (χ1v) is 8.03. The Balaban J connectivity index is 2.29. The van der Waals surface area contributed by atoms with Crippen molar-refractivity contribution in [3.63, 3.8) is 0 Å². The molecule has 1 unspecified atom stereocenters. The van der Waals surface area contributed by atoms with Crippen molar-refractivity contribution in [1.29, 1.82) is 0 Å². The Morgan fingerprint density at radius 1 is 1.16 bits per heavy atom. The van der Waals surface area contributed by atoms with Crippen LogP contribution >= 0.6 is 0 Å². The number of benzene rings is 2. The van der Waals surface area contributed by atoms with Crippen LogP contribution in [0.1, 0.15) is 17.2 Å². The summed E-state index contributed by atoms with van der Waals surface area (Å²) in [6.45, 7) is 3.86. The number of hydrogen-bond donors (Lipinski definition) is 1. The number of aliphatic hydroxyl groups excluding tert-OH is 1. The topological polar surface area (TPSA) is 59.0 Å². The van der Waals surface area contributed by atoms with Crippen LogP contribution in [0.3, 0.4) is 0 Å². The van der Waals surface area contributed by atoms with Gasteiger partial charge in [-0.1, -0.05) is 67.2 Å². The molecule has 0 saturated heterocycles. The maximum absolute atomic E-state index is 11.9. The summed E-state index contributed by atoms with van der Waals surface area (Å²) in [4.78, 5) is 17.7. The van der Waals surface area contributed by atoms with Gasteiger partial charge in [0.25, 0.3) is 0 Å². The van der Waals surface area contributed by atoms with E-state index in [9.17, 15) is 9.90 Å². The molecule has 0 amide bonds. The average molecular weight is 341 g/mol. The van der Waals surface area contributed by atoms with Gasteiger partial charge in [-0.15, -0.1) is 0 Å². The molecular formula is C20H23NO4. The summed E-state index contributed by atoms with van der Waals surface area (Å²) in [5, 5.41) is 11.5. The van der Waals surface area contributed by atoms with E-state index in [0.29, 0.717) is 6.54 Å². The molecule has 2 atom stereocenters. The highest BCUT2D eigenvalue weighted by molar-refractivity contribution is 5.76. The minimum absolute atomic E-state index is 0.165. The van der Waals surface area contributed by atoms with E-state index in [4.69, 9.17) is 9.57 Å². The molecule has 0 saturated carbocycles. The number of nitrogens with zero attached hydrogens (tertiary/aromatic N) is 1. The monoisotopic (exact) mass is 341 g/mol. The lowest BCUT2D eigenvalue weighted by Crippen LogP contribution is -2.37. The zero-order valence-corrected chi connectivity index (χ0v) is 14.2. The smallest absolute Gasteiger partial charge is 0.341 e.